The Labute approximate surface area is 711 Å². The van der Waals surface area contributed by atoms with Crippen LogP contribution < -0.4 is 5.32 Å². The Morgan fingerprint density at radius 3 is 0.923 bits per heavy atom. The second-order valence-corrected chi connectivity index (χ2v) is 33.8. The summed E-state index contributed by atoms with van der Waals surface area (Å²) in [6, 6.07) is -0.894. The van der Waals surface area contributed by atoms with Crippen LogP contribution in [0.4, 0.5) is 0 Å². The van der Waals surface area contributed by atoms with Crippen molar-refractivity contribution in [1.29, 1.82) is 0 Å². The lowest BCUT2D eigenvalue weighted by Gasteiger charge is -2.48. The normalized spacial score (nSPS) is 24.8. The third-order valence-corrected chi connectivity index (χ3v) is 23.4. The third-order valence-electron chi connectivity index (χ3n) is 23.4. The molecule has 17 unspecified atom stereocenters. The standard InChI is InChI=1S/C98H175NO18/c1-3-5-7-9-11-13-15-17-19-21-23-25-27-29-31-33-35-36-37-38-39-40-41-42-43-44-46-48-50-52-54-56-58-60-62-64-66-68-70-72-74-76-86(104)99-81(82(103)75-73-71-69-67-65-63-61-59-57-55-53-51-49-47-45-34-32-30-28-26-24-22-20-18-16-14-12-10-8-6-4-2)80-112-96-92(110)89(107)94(84(78-101)114-96)117-98-93(111)90(108)95(85(79-102)115-98)116-97-91(109)88(106)87(105)83(77-100)113-97/h5,7,11,13,17,19,23,25,29,31,35-36,38-39,41-42,81-85,87-98,100-103,105-111H,3-4,6,8-10,12,14-16,18,20-22,24,26-28,30,32-34,37,40,43-80H2,1-2H3,(H,99,104)/b7-5-,13-11-,19-17-,25-23-,31-29-,36-35-,39-38-,42-41-. The van der Waals surface area contributed by atoms with Gasteiger partial charge >= 0.3 is 0 Å². The summed E-state index contributed by atoms with van der Waals surface area (Å²) in [6.07, 6.45) is 79.5. The van der Waals surface area contributed by atoms with Crippen LogP contribution in [-0.4, -0.2) is 193 Å². The predicted octanol–water partition coefficient (Wildman–Crippen LogP) is 19.4. The van der Waals surface area contributed by atoms with E-state index in [9.17, 15) is 61.0 Å². The summed E-state index contributed by atoms with van der Waals surface area (Å²) in [6.45, 7) is 1.74. The molecule has 19 nitrogen and oxygen atoms in total. The number of aliphatic hydroxyl groups is 11. The fourth-order valence-electron chi connectivity index (χ4n) is 15.9. The number of hydrogen-bond donors (Lipinski definition) is 12. The molecule has 3 aliphatic heterocycles. The molecule has 1 amide bonds. The van der Waals surface area contributed by atoms with Gasteiger partial charge in [-0.15, -0.1) is 0 Å². The van der Waals surface area contributed by atoms with Gasteiger partial charge in [-0.3, -0.25) is 4.79 Å². The number of hydrogen-bond acceptors (Lipinski definition) is 18. The highest BCUT2D eigenvalue weighted by atomic mass is 16.8. The molecule has 0 aliphatic carbocycles. The molecule has 0 bridgehead atoms. The van der Waals surface area contributed by atoms with Gasteiger partial charge in [0.2, 0.25) is 5.91 Å². The lowest BCUT2D eigenvalue weighted by atomic mass is 9.96. The lowest BCUT2D eigenvalue weighted by molar-refractivity contribution is -0.379. The van der Waals surface area contributed by atoms with E-state index in [1.54, 1.807) is 0 Å². The van der Waals surface area contributed by atoms with Gasteiger partial charge in [-0.25, -0.2) is 0 Å². The Hall–Kier alpha value is -3.29. The molecule has 117 heavy (non-hydrogen) atoms. The maximum atomic E-state index is 13.6. The largest absolute Gasteiger partial charge is 0.394 e. The summed E-state index contributed by atoms with van der Waals surface area (Å²) in [5.41, 5.74) is 0. The Bertz CT molecular complexity index is 2490. The SMILES string of the molecule is CC/C=C\C/C=C\C/C=C\C/C=C\C/C=C\C/C=C\C/C=C\C/C=C\CCCCCCCCCCCCCCCCCCC(=O)NC(COC1OC(CO)C(OC2OC(CO)C(OC3OC(CO)C(O)C(O)C3O)C(O)C2O)C(O)C1O)C(O)CCCCCCCCCCCCCCCCCCCCCCCCCCCCCCCCC. The van der Waals surface area contributed by atoms with E-state index in [2.05, 4.69) is 116 Å². The number of allylic oxidation sites excluding steroid dienone is 16. The molecule has 3 fully saturated rings. The van der Waals surface area contributed by atoms with Crippen molar-refractivity contribution in [2.45, 2.75) is 491 Å². The zero-order valence-corrected chi connectivity index (χ0v) is 73.7. The lowest BCUT2D eigenvalue weighted by Crippen LogP contribution is -2.66. The van der Waals surface area contributed by atoms with Gasteiger partial charge in [0, 0.05) is 6.42 Å². The van der Waals surface area contributed by atoms with E-state index in [1.165, 1.54) is 257 Å². The molecule has 680 valence electrons. The summed E-state index contributed by atoms with van der Waals surface area (Å²) in [5.74, 6) is -0.239. The van der Waals surface area contributed by atoms with Crippen LogP contribution in [-0.2, 0) is 33.2 Å². The van der Waals surface area contributed by atoms with Gasteiger partial charge in [0.1, 0.15) is 73.2 Å². The average molecular weight is 1660 g/mol. The quantitative estimate of drug-likeness (QED) is 0.0199. The zero-order valence-electron chi connectivity index (χ0n) is 73.7. The highest BCUT2D eigenvalue weighted by Crippen LogP contribution is 2.34. The number of rotatable bonds is 78. The molecule has 17 atom stereocenters. The first kappa shape index (κ1) is 108. The van der Waals surface area contributed by atoms with Gasteiger partial charge in [0.15, 0.2) is 18.9 Å². The molecule has 3 rings (SSSR count). The van der Waals surface area contributed by atoms with Crippen molar-refractivity contribution in [3.05, 3.63) is 97.2 Å². The first-order valence-corrected chi connectivity index (χ1v) is 48.0. The number of unbranched alkanes of at least 4 members (excludes halogenated alkanes) is 46. The molecule has 3 aliphatic rings. The van der Waals surface area contributed by atoms with E-state index in [1.807, 2.05) is 0 Å². The van der Waals surface area contributed by atoms with E-state index in [-0.39, 0.29) is 18.9 Å². The van der Waals surface area contributed by atoms with E-state index in [0.717, 1.165) is 96.3 Å². The average Bonchev–Trinajstić information content (AvgIpc) is 0.778. The van der Waals surface area contributed by atoms with Gasteiger partial charge in [0.05, 0.1) is 38.6 Å². The summed E-state index contributed by atoms with van der Waals surface area (Å²) >= 11 is 0. The smallest absolute Gasteiger partial charge is 0.220 e. The minimum atomic E-state index is -1.98. The van der Waals surface area contributed by atoms with Crippen LogP contribution in [0.25, 0.3) is 0 Å². The molecule has 0 saturated carbocycles. The molecule has 3 saturated heterocycles. The zero-order chi connectivity index (χ0) is 84.5. The fourth-order valence-corrected chi connectivity index (χ4v) is 15.9. The van der Waals surface area contributed by atoms with E-state index in [0.29, 0.717) is 12.8 Å². The first-order valence-electron chi connectivity index (χ1n) is 48.0. The van der Waals surface area contributed by atoms with Crippen LogP contribution in [0.5, 0.6) is 0 Å². The highest BCUT2D eigenvalue weighted by molar-refractivity contribution is 5.76. The van der Waals surface area contributed by atoms with Gasteiger partial charge in [-0.1, -0.05) is 400 Å². The van der Waals surface area contributed by atoms with Crippen LogP contribution in [0.1, 0.15) is 386 Å². The van der Waals surface area contributed by atoms with Crippen molar-refractivity contribution in [2.75, 3.05) is 26.4 Å². The molecular formula is C98H175NO18. The minimum absolute atomic E-state index is 0.239. The first-order chi connectivity index (χ1) is 57.3. The van der Waals surface area contributed by atoms with Crippen molar-refractivity contribution < 1.29 is 89.4 Å². The maximum Gasteiger partial charge on any atom is 0.220 e. The van der Waals surface area contributed by atoms with E-state index >= 15 is 0 Å². The summed E-state index contributed by atoms with van der Waals surface area (Å²) in [5, 5.41) is 122. The molecule has 0 spiro atoms. The van der Waals surface area contributed by atoms with E-state index < -0.39 is 124 Å². The maximum absolute atomic E-state index is 13.6. The second kappa shape index (κ2) is 76.4. The summed E-state index contributed by atoms with van der Waals surface area (Å²) < 4.78 is 34.6. The van der Waals surface area contributed by atoms with Crippen molar-refractivity contribution in [2.24, 2.45) is 0 Å². The monoisotopic (exact) mass is 1650 g/mol. The van der Waals surface area contributed by atoms with Crippen LogP contribution >= 0.6 is 0 Å². The third kappa shape index (κ3) is 54.2. The predicted molar refractivity (Wildman–Crippen MR) is 475 cm³/mol. The van der Waals surface area contributed by atoms with Crippen molar-refractivity contribution in [3.8, 4) is 0 Å². The molecule has 0 aromatic carbocycles. The molecule has 0 aromatic rings. The van der Waals surface area contributed by atoms with Crippen molar-refractivity contribution in [1.82, 2.24) is 5.32 Å². The van der Waals surface area contributed by atoms with Gasteiger partial charge in [-0.2, -0.15) is 0 Å². The second-order valence-electron chi connectivity index (χ2n) is 33.8. The summed E-state index contributed by atoms with van der Waals surface area (Å²) in [4.78, 5) is 13.6. The number of ether oxygens (including phenoxy) is 6. The Balaban J connectivity index is 1.29. The van der Waals surface area contributed by atoms with Crippen LogP contribution in [0.3, 0.4) is 0 Å². The number of aliphatic hydroxyl groups excluding tert-OH is 11. The van der Waals surface area contributed by atoms with Crippen molar-refractivity contribution in [3.63, 3.8) is 0 Å². The van der Waals surface area contributed by atoms with Crippen LogP contribution in [0.15, 0.2) is 97.2 Å². The molecule has 0 radical (unpaired) electrons. The molecule has 19 heteroatoms. The van der Waals surface area contributed by atoms with E-state index in [4.69, 9.17) is 28.4 Å². The Morgan fingerprint density at radius 2 is 0.590 bits per heavy atom. The number of nitrogens with one attached hydrogen (secondary N) is 1. The van der Waals surface area contributed by atoms with Crippen LogP contribution in [0.2, 0.25) is 0 Å². The van der Waals surface area contributed by atoms with Gasteiger partial charge < -0.3 is 89.9 Å². The highest BCUT2D eigenvalue weighted by Gasteiger charge is 2.54. The van der Waals surface area contributed by atoms with Gasteiger partial charge in [0.25, 0.3) is 0 Å². The fraction of sp³-hybridized carbons (Fsp3) is 0.827. The molecule has 3 heterocycles. The topological polar surface area (TPSA) is 307 Å². The molecule has 0 aromatic heterocycles. The molecule has 12 N–H and O–H groups in total. The molecular weight excluding hydrogens is 1480 g/mol. The number of carbonyl (C=O) groups excluding carboxylic acids is 1. The minimum Gasteiger partial charge on any atom is -0.394 e. The summed E-state index contributed by atoms with van der Waals surface area (Å²) in [7, 11) is 0. The Morgan fingerprint density at radius 1 is 0.316 bits per heavy atom. The number of carbonyl (C=O) groups is 1. The number of amides is 1. The Kier molecular flexibility index (Phi) is 70.4. The van der Waals surface area contributed by atoms with Crippen molar-refractivity contribution >= 4 is 5.91 Å². The van der Waals surface area contributed by atoms with Crippen LogP contribution in [0, 0.1) is 0 Å². The van der Waals surface area contributed by atoms with Gasteiger partial charge in [-0.05, 0) is 77.0 Å².